The normalized spacial score (nSPS) is 21.6. The van der Waals surface area contributed by atoms with Gasteiger partial charge in [-0.1, -0.05) is 0 Å². The third-order valence-corrected chi connectivity index (χ3v) is 1.44. The van der Waals surface area contributed by atoms with E-state index in [2.05, 4.69) is 0 Å². The summed E-state index contributed by atoms with van der Waals surface area (Å²) in [6.45, 7) is 0.602. The largest absolute Gasteiger partial charge is 0.433 e. The Kier molecular flexibility index (Phi) is 1.19. The molecule has 1 saturated heterocycles. The minimum atomic E-state index is -0.564. The van der Waals surface area contributed by atoms with Crippen LogP contribution in [0.2, 0.25) is 0 Å². The highest BCUT2D eigenvalue weighted by Crippen LogP contribution is 2.32. The first-order valence-corrected chi connectivity index (χ1v) is 3.13. The van der Waals surface area contributed by atoms with Crippen LogP contribution in [0.3, 0.4) is 0 Å². The van der Waals surface area contributed by atoms with Crippen molar-refractivity contribution < 1.29 is 14.1 Å². The molecule has 5 heteroatoms. The molecule has 1 aromatic heterocycles. The number of hydrogen-bond acceptors (Lipinski definition) is 4. The molecule has 11 heavy (non-hydrogen) atoms. The number of ether oxygens (including phenoxy) is 1. The van der Waals surface area contributed by atoms with Crippen molar-refractivity contribution >= 4 is 5.88 Å². The van der Waals surface area contributed by atoms with E-state index >= 15 is 0 Å². The van der Waals surface area contributed by atoms with Crippen LogP contribution in [0.5, 0.6) is 0 Å². The Bertz CT molecular complexity index is 289. The molecule has 1 atom stereocenters. The number of furan rings is 1. The summed E-state index contributed by atoms with van der Waals surface area (Å²) >= 11 is 0. The fraction of sp³-hybridized carbons (Fsp3) is 0.333. The summed E-state index contributed by atoms with van der Waals surface area (Å²) in [7, 11) is 0. The minimum Gasteiger partial charge on any atom is -0.403 e. The second-order valence-electron chi connectivity index (χ2n) is 2.26. The maximum atomic E-state index is 10.1. The summed E-state index contributed by atoms with van der Waals surface area (Å²) in [5.74, 6) is 0.312. The van der Waals surface area contributed by atoms with E-state index in [1.807, 2.05) is 0 Å². The summed E-state index contributed by atoms with van der Waals surface area (Å²) in [5.41, 5.74) is 0. The zero-order valence-electron chi connectivity index (χ0n) is 5.52. The molecule has 1 aliphatic heterocycles. The van der Waals surface area contributed by atoms with Crippen molar-refractivity contribution in [1.29, 1.82) is 0 Å². The number of nitro groups is 1. The van der Waals surface area contributed by atoms with Crippen LogP contribution in [-0.2, 0) is 4.74 Å². The lowest BCUT2D eigenvalue weighted by Gasteiger charge is -1.83. The van der Waals surface area contributed by atoms with Gasteiger partial charge in [0.25, 0.3) is 0 Å². The maximum absolute atomic E-state index is 10.1. The van der Waals surface area contributed by atoms with Crippen LogP contribution in [0.25, 0.3) is 0 Å². The van der Waals surface area contributed by atoms with Gasteiger partial charge in [-0.2, -0.15) is 0 Å². The van der Waals surface area contributed by atoms with E-state index in [4.69, 9.17) is 9.15 Å². The van der Waals surface area contributed by atoms with Crippen LogP contribution in [0.15, 0.2) is 16.5 Å². The molecule has 1 fully saturated rings. The third kappa shape index (κ3) is 1.10. The predicted molar refractivity (Wildman–Crippen MR) is 34.1 cm³/mol. The summed E-state index contributed by atoms with van der Waals surface area (Å²) < 4.78 is 9.72. The van der Waals surface area contributed by atoms with Crippen molar-refractivity contribution in [3.8, 4) is 0 Å². The van der Waals surface area contributed by atoms with Crippen LogP contribution in [0.4, 0.5) is 5.88 Å². The lowest BCUT2D eigenvalue weighted by atomic mass is 10.4. The van der Waals surface area contributed by atoms with E-state index in [9.17, 15) is 10.1 Å². The summed E-state index contributed by atoms with van der Waals surface area (Å²) in [6.07, 6.45) is -0.0521. The molecule has 0 aromatic carbocycles. The van der Waals surface area contributed by atoms with E-state index in [0.717, 1.165) is 0 Å². The third-order valence-electron chi connectivity index (χ3n) is 1.44. The number of rotatable bonds is 2. The molecule has 0 saturated carbocycles. The second-order valence-corrected chi connectivity index (χ2v) is 2.26. The maximum Gasteiger partial charge on any atom is 0.433 e. The van der Waals surface area contributed by atoms with Gasteiger partial charge in [-0.25, -0.2) is 0 Å². The Balaban J connectivity index is 2.25. The average Bonchev–Trinajstić information content (AvgIpc) is 2.68. The highest BCUT2D eigenvalue weighted by Gasteiger charge is 2.29. The van der Waals surface area contributed by atoms with E-state index in [0.29, 0.717) is 12.4 Å². The molecular formula is C6H5NO4. The van der Waals surface area contributed by atoms with Crippen molar-refractivity contribution in [2.24, 2.45) is 0 Å². The lowest BCUT2D eigenvalue weighted by molar-refractivity contribution is -0.402. The standard InChI is InChI=1S/C6H5NO4/c8-7(9)6-2-1-4(11-6)5-3-10-5/h1-2,5H,3H2/t5-/m1/s1. The summed E-state index contributed by atoms with van der Waals surface area (Å²) in [4.78, 5) is 9.56. The lowest BCUT2D eigenvalue weighted by Crippen LogP contribution is -1.82. The zero-order chi connectivity index (χ0) is 7.84. The van der Waals surface area contributed by atoms with Crippen LogP contribution in [0.1, 0.15) is 11.9 Å². The molecule has 0 unspecified atom stereocenters. The molecule has 58 valence electrons. The molecule has 2 rings (SSSR count). The fourth-order valence-corrected chi connectivity index (χ4v) is 0.826. The molecule has 0 bridgehead atoms. The van der Waals surface area contributed by atoms with E-state index in [1.165, 1.54) is 6.07 Å². The van der Waals surface area contributed by atoms with Gasteiger partial charge in [-0.3, -0.25) is 10.1 Å². The fourth-order valence-electron chi connectivity index (χ4n) is 0.826. The Morgan fingerprint density at radius 3 is 2.82 bits per heavy atom. The van der Waals surface area contributed by atoms with E-state index < -0.39 is 4.92 Å². The van der Waals surface area contributed by atoms with Gasteiger partial charge in [0.1, 0.15) is 16.8 Å². The highest BCUT2D eigenvalue weighted by atomic mass is 16.7. The first kappa shape index (κ1) is 6.36. The molecule has 0 amide bonds. The van der Waals surface area contributed by atoms with Gasteiger partial charge in [0.05, 0.1) is 12.7 Å². The average molecular weight is 155 g/mol. The molecule has 5 nitrogen and oxygen atoms in total. The van der Waals surface area contributed by atoms with Crippen LogP contribution in [-0.4, -0.2) is 11.5 Å². The predicted octanol–water partition coefficient (Wildman–Crippen LogP) is 1.26. The Morgan fingerprint density at radius 1 is 1.64 bits per heavy atom. The first-order chi connectivity index (χ1) is 5.27. The van der Waals surface area contributed by atoms with Gasteiger partial charge in [-0.15, -0.1) is 0 Å². The van der Waals surface area contributed by atoms with Crippen molar-refractivity contribution in [1.82, 2.24) is 0 Å². The van der Waals surface area contributed by atoms with E-state index in [1.54, 1.807) is 6.07 Å². The molecule has 1 aromatic rings. The minimum absolute atomic E-state index is 0.0521. The zero-order valence-corrected chi connectivity index (χ0v) is 5.52. The van der Waals surface area contributed by atoms with Crippen molar-refractivity contribution in [2.75, 3.05) is 6.61 Å². The monoisotopic (exact) mass is 155 g/mol. The van der Waals surface area contributed by atoms with Gasteiger partial charge in [0, 0.05) is 0 Å². The Morgan fingerprint density at radius 2 is 2.36 bits per heavy atom. The van der Waals surface area contributed by atoms with Crippen LogP contribution < -0.4 is 0 Å². The van der Waals surface area contributed by atoms with E-state index in [-0.39, 0.29) is 12.0 Å². The number of epoxide rings is 1. The molecule has 0 radical (unpaired) electrons. The van der Waals surface area contributed by atoms with Crippen molar-refractivity contribution in [3.05, 3.63) is 28.0 Å². The van der Waals surface area contributed by atoms with Gasteiger partial charge < -0.3 is 9.15 Å². The molecule has 0 aliphatic carbocycles. The van der Waals surface area contributed by atoms with Gasteiger partial charge in [0.15, 0.2) is 0 Å². The molecule has 0 spiro atoms. The molecule has 2 heterocycles. The van der Waals surface area contributed by atoms with Crippen molar-refractivity contribution in [3.63, 3.8) is 0 Å². The van der Waals surface area contributed by atoms with Gasteiger partial charge >= 0.3 is 5.88 Å². The second kappa shape index (κ2) is 2.06. The molecular weight excluding hydrogens is 150 g/mol. The highest BCUT2D eigenvalue weighted by molar-refractivity contribution is 5.20. The smallest absolute Gasteiger partial charge is 0.403 e. The number of nitrogens with zero attached hydrogens (tertiary/aromatic N) is 1. The van der Waals surface area contributed by atoms with Crippen molar-refractivity contribution in [2.45, 2.75) is 6.10 Å². The van der Waals surface area contributed by atoms with Gasteiger partial charge in [0.2, 0.25) is 0 Å². The van der Waals surface area contributed by atoms with Crippen LogP contribution >= 0.6 is 0 Å². The molecule has 0 N–H and O–H groups in total. The first-order valence-electron chi connectivity index (χ1n) is 3.13. The summed E-state index contributed by atoms with van der Waals surface area (Å²) in [6, 6.07) is 2.90. The Labute approximate surface area is 61.7 Å². The number of hydrogen-bond donors (Lipinski definition) is 0. The summed E-state index contributed by atoms with van der Waals surface area (Å²) in [5, 5.41) is 10.1. The quantitative estimate of drug-likeness (QED) is 0.366. The Hall–Kier alpha value is -1.36. The molecule has 1 aliphatic rings. The SMILES string of the molecule is O=[N+]([O-])c1ccc([C@H]2CO2)o1. The van der Waals surface area contributed by atoms with Gasteiger partial charge in [-0.05, 0) is 6.07 Å². The topological polar surface area (TPSA) is 68.8 Å². The van der Waals surface area contributed by atoms with Crippen LogP contribution in [0, 0.1) is 10.1 Å².